The maximum absolute atomic E-state index is 11.8. The van der Waals surface area contributed by atoms with Crippen LogP contribution in [-0.2, 0) is 37.5 Å². The number of nitrogens with zero attached hydrogens (tertiary/aromatic N) is 1. The van der Waals surface area contributed by atoms with Crippen LogP contribution in [0.15, 0.2) is 60.7 Å². The van der Waals surface area contributed by atoms with E-state index in [2.05, 4.69) is 5.43 Å². The molecule has 1 saturated heterocycles. The van der Waals surface area contributed by atoms with E-state index in [1.165, 1.54) is 5.01 Å². The Hall–Kier alpha value is -1.93. The fourth-order valence-electron chi connectivity index (χ4n) is 3.56. The van der Waals surface area contributed by atoms with Crippen LogP contribution >= 0.6 is 0 Å². The van der Waals surface area contributed by atoms with Crippen LogP contribution in [0.2, 0.25) is 0 Å². The van der Waals surface area contributed by atoms with Crippen LogP contribution < -0.4 is 5.43 Å². The third kappa shape index (κ3) is 7.03. The summed E-state index contributed by atoms with van der Waals surface area (Å²) in [6, 6.07) is 18.3. The maximum Gasteiger partial charge on any atom is 0.294 e. The molecule has 0 aromatic heterocycles. The number of ether oxygens (including phenoxy) is 3. The molecule has 0 bridgehead atoms. The van der Waals surface area contributed by atoms with Gasteiger partial charge in [-0.2, -0.15) is 8.42 Å². The summed E-state index contributed by atoms with van der Waals surface area (Å²) in [7, 11) is -1.60. The lowest BCUT2D eigenvalue weighted by Crippen LogP contribution is -2.67. The van der Waals surface area contributed by atoms with E-state index in [9.17, 15) is 23.2 Å². The van der Waals surface area contributed by atoms with Crippen molar-refractivity contribution in [1.29, 1.82) is 0 Å². The normalized spacial score (nSPS) is 26.9. The van der Waals surface area contributed by atoms with Crippen molar-refractivity contribution < 1.29 is 37.4 Å². The van der Waals surface area contributed by atoms with E-state index < -0.39 is 46.2 Å². The highest BCUT2D eigenvalue weighted by Gasteiger charge is 2.52. The summed E-state index contributed by atoms with van der Waals surface area (Å²) in [5, 5.41) is 22.9. The largest absolute Gasteiger partial charge is 0.386 e. The first-order valence-electron chi connectivity index (χ1n) is 10.4. The Labute approximate surface area is 193 Å². The van der Waals surface area contributed by atoms with Crippen LogP contribution in [0, 0.1) is 0 Å². The minimum absolute atomic E-state index is 0.0350. The Bertz CT molecular complexity index is 961. The zero-order valence-electron chi connectivity index (χ0n) is 18.4. The number of rotatable bonds is 10. The highest BCUT2D eigenvalue weighted by molar-refractivity contribution is 7.86. The maximum atomic E-state index is 11.8. The molecule has 0 aliphatic carbocycles. The van der Waals surface area contributed by atoms with E-state index in [1.807, 2.05) is 60.7 Å². The van der Waals surface area contributed by atoms with Crippen molar-refractivity contribution in [3.63, 3.8) is 0 Å². The Kier molecular flexibility index (Phi) is 8.93. The average molecular weight is 483 g/mol. The number of hydrogen-bond acceptors (Lipinski definition) is 9. The van der Waals surface area contributed by atoms with Gasteiger partial charge in [-0.1, -0.05) is 60.7 Å². The van der Waals surface area contributed by atoms with Crippen LogP contribution in [0.4, 0.5) is 0 Å². The molecule has 0 saturated carbocycles. The Morgan fingerprint density at radius 3 is 1.91 bits per heavy atom. The van der Waals surface area contributed by atoms with Gasteiger partial charge in [0.05, 0.1) is 13.2 Å². The highest BCUT2D eigenvalue weighted by atomic mass is 32.2. The summed E-state index contributed by atoms with van der Waals surface area (Å²) in [6.45, 7) is 0.129. The van der Waals surface area contributed by atoms with Crippen LogP contribution in [-0.4, -0.2) is 78.4 Å². The number of hydrazine groups is 1. The van der Waals surface area contributed by atoms with E-state index in [1.54, 1.807) is 14.1 Å². The summed E-state index contributed by atoms with van der Waals surface area (Å²) >= 11 is 0. The molecule has 4 N–H and O–H groups in total. The molecule has 33 heavy (non-hydrogen) atoms. The molecule has 2 aromatic rings. The summed E-state index contributed by atoms with van der Waals surface area (Å²) in [5.74, 6) is 0. The van der Waals surface area contributed by atoms with E-state index >= 15 is 0 Å². The molecule has 0 radical (unpaired) electrons. The topological polar surface area (TPSA) is 138 Å². The number of benzene rings is 2. The van der Waals surface area contributed by atoms with Crippen molar-refractivity contribution in [3.8, 4) is 0 Å². The molecule has 1 aliphatic rings. The van der Waals surface area contributed by atoms with Crippen molar-refractivity contribution in [1.82, 2.24) is 10.4 Å². The molecule has 3 rings (SSSR count). The smallest absolute Gasteiger partial charge is 0.294 e. The van der Waals surface area contributed by atoms with Gasteiger partial charge >= 0.3 is 0 Å². The van der Waals surface area contributed by atoms with Crippen molar-refractivity contribution in [3.05, 3.63) is 71.8 Å². The molecule has 1 heterocycles. The molecule has 0 amide bonds. The number of nitrogens with one attached hydrogen (secondary N) is 1. The zero-order chi connectivity index (χ0) is 24.0. The zero-order valence-corrected chi connectivity index (χ0v) is 19.2. The summed E-state index contributed by atoms with van der Waals surface area (Å²) < 4.78 is 50.7. The van der Waals surface area contributed by atoms with Gasteiger partial charge in [0.2, 0.25) is 5.44 Å². The minimum atomic E-state index is -4.91. The van der Waals surface area contributed by atoms with Crippen LogP contribution in [0.3, 0.4) is 0 Å². The van der Waals surface area contributed by atoms with Crippen LogP contribution in [0.1, 0.15) is 11.1 Å². The number of hydrogen-bond donors (Lipinski definition) is 4. The molecule has 182 valence electrons. The Morgan fingerprint density at radius 1 is 0.970 bits per heavy atom. The molecule has 0 spiro atoms. The Balaban J connectivity index is 1.91. The van der Waals surface area contributed by atoms with Crippen molar-refractivity contribution in [2.24, 2.45) is 0 Å². The second-order valence-corrected chi connectivity index (χ2v) is 9.48. The lowest BCUT2D eigenvalue weighted by atomic mass is 9.97. The predicted molar refractivity (Wildman–Crippen MR) is 119 cm³/mol. The molecule has 1 aliphatic heterocycles. The molecule has 2 aromatic carbocycles. The van der Waals surface area contributed by atoms with Gasteiger partial charge in [0.1, 0.15) is 30.6 Å². The summed E-state index contributed by atoms with van der Waals surface area (Å²) in [5.41, 5.74) is 2.11. The Morgan fingerprint density at radius 2 is 1.45 bits per heavy atom. The van der Waals surface area contributed by atoms with Gasteiger partial charge in [0.25, 0.3) is 10.1 Å². The minimum Gasteiger partial charge on any atom is -0.386 e. The second kappa shape index (κ2) is 11.5. The molecule has 0 unspecified atom stereocenters. The number of aliphatic hydroxyl groups excluding tert-OH is 2. The molecule has 11 heteroatoms. The molecular weight excluding hydrogens is 452 g/mol. The first-order chi connectivity index (χ1) is 15.7. The molecule has 6 atom stereocenters. The first kappa shape index (κ1) is 25.7. The second-order valence-electron chi connectivity index (χ2n) is 7.96. The fraction of sp³-hybridized carbons (Fsp3) is 0.455. The fourth-order valence-corrected chi connectivity index (χ4v) is 4.12. The summed E-state index contributed by atoms with van der Waals surface area (Å²) in [6.07, 6.45) is -6.30. The highest BCUT2D eigenvalue weighted by Crippen LogP contribution is 2.30. The van der Waals surface area contributed by atoms with Gasteiger partial charge in [-0.25, -0.2) is 10.4 Å². The molecular formula is C22H30N2O8S. The van der Waals surface area contributed by atoms with Gasteiger partial charge in [-0.15, -0.1) is 0 Å². The van der Waals surface area contributed by atoms with Gasteiger partial charge in [-0.05, 0) is 11.1 Å². The van der Waals surface area contributed by atoms with E-state index in [0.29, 0.717) is 0 Å². The van der Waals surface area contributed by atoms with Crippen LogP contribution in [0.25, 0.3) is 0 Å². The van der Waals surface area contributed by atoms with Gasteiger partial charge in [0, 0.05) is 14.1 Å². The SMILES string of the molecule is CN(C)N[C@@H]1O[C@@H]([C@@H](O)S(=O)(=O)O)[C@@H](OCc2ccccc2)[C@@H](OCc2ccccc2)[C@@H]1O. The summed E-state index contributed by atoms with van der Waals surface area (Å²) in [4.78, 5) is 0. The monoisotopic (exact) mass is 482 g/mol. The van der Waals surface area contributed by atoms with Gasteiger partial charge < -0.3 is 24.4 Å². The average Bonchev–Trinajstić information content (AvgIpc) is 2.78. The third-order valence-electron chi connectivity index (χ3n) is 5.14. The van der Waals surface area contributed by atoms with Gasteiger partial charge in [0.15, 0.2) is 0 Å². The van der Waals surface area contributed by atoms with Crippen molar-refractivity contribution >= 4 is 10.1 Å². The van der Waals surface area contributed by atoms with Crippen LogP contribution in [0.5, 0.6) is 0 Å². The van der Waals surface area contributed by atoms with E-state index in [-0.39, 0.29) is 13.2 Å². The van der Waals surface area contributed by atoms with Crippen molar-refractivity contribution in [2.45, 2.75) is 49.3 Å². The molecule has 1 fully saturated rings. The predicted octanol–water partition coefficient (Wildman–Crippen LogP) is 0.515. The quantitative estimate of drug-likeness (QED) is 0.280. The first-order valence-corrected chi connectivity index (χ1v) is 11.9. The third-order valence-corrected chi connectivity index (χ3v) is 6.02. The van der Waals surface area contributed by atoms with Crippen molar-refractivity contribution in [2.75, 3.05) is 14.1 Å². The standard InChI is InChI=1S/C22H30N2O8S/c1-24(2)23-21-17(25)18(30-13-15-9-5-3-6-10-15)19(20(32-21)22(26)33(27,28)29)31-14-16-11-7-4-8-12-16/h3-12,17-23,25-26H,13-14H2,1-2H3,(H,27,28,29)/t17-,18-,19-,20+,21+,22-/m0/s1. The number of aliphatic hydroxyl groups is 2. The van der Waals surface area contributed by atoms with E-state index in [0.717, 1.165) is 11.1 Å². The molecule has 10 nitrogen and oxygen atoms in total. The lowest BCUT2D eigenvalue weighted by molar-refractivity contribution is -0.275. The van der Waals surface area contributed by atoms with E-state index in [4.69, 9.17) is 14.2 Å². The lowest BCUT2D eigenvalue weighted by Gasteiger charge is -2.46. The van der Waals surface area contributed by atoms with Gasteiger partial charge in [-0.3, -0.25) is 4.55 Å².